The number of carbonyl (C=O) groups is 2. The van der Waals surface area contributed by atoms with E-state index in [1.807, 2.05) is 0 Å². The number of phenolic OH excluding ortho intramolecular Hbond substituents is 1. The third-order valence-corrected chi connectivity index (χ3v) is 1.69. The molecule has 0 bridgehead atoms. The summed E-state index contributed by atoms with van der Waals surface area (Å²) in [4.78, 5) is 19.6. The van der Waals surface area contributed by atoms with Crippen molar-refractivity contribution in [1.29, 1.82) is 0 Å². The Bertz CT molecular complexity index is 377. The van der Waals surface area contributed by atoms with E-state index in [-0.39, 0.29) is 12.3 Å². The summed E-state index contributed by atoms with van der Waals surface area (Å²) in [6.07, 6.45) is 0. The fraction of sp³-hybridized carbons (Fsp3) is 0.200. The Morgan fingerprint density at radius 3 is 1.88 bits per heavy atom. The van der Waals surface area contributed by atoms with E-state index >= 15 is 0 Å². The first-order valence-electron chi connectivity index (χ1n) is 4.57. The summed E-state index contributed by atoms with van der Waals surface area (Å²) in [5.41, 5.74) is 10.4. The molecule has 7 nitrogen and oxygen atoms in total. The molecule has 0 heterocycles. The van der Waals surface area contributed by atoms with Gasteiger partial charge in [-0.15, -0.1) is 0 Å². The van der Waals surface area contributed by atoms with Gasteiger partial charge >= 0.3 is 11.9 Å². The number of aliphatic carboxylic acids is 2. The Morgan fingerprint density at radius 1 is 1.18 bits per heavy atom. The number of hydrogen-bond acceptors (Lipinski definition) is 5. The summed E-state index contributed by atoms with van der Waals surface area (Å²) >= 11 is 0. The Morgan fingerprint density at radius 2 is 1.59 bits per heavy atom. The molecule has 94 valence electrons. The summed E-state index contributed by atoms with van der Waals surface area (Å²) in [6.45, 7) is -0.278. The molecule has 0 amide bonds. The molecule has 0 aliphatic carbocycles. The second-order valence-electron chi connectivity index (χ2n) is 3.01. The minimum atomic E-state index is -1.08. The van der Waals surface area contributed by atoms with Crippen LogP contribution in [0.4, 0.5) is 0 Å². The van der Waals surface area contributed by atoms with Gasteiger partial charge in [0.1, 0.15) is 11.8 Å². The van der Waals surface area contributed by atoms with Crippen molar-refractivity contribution in [2.24, 2.45) is 11.5 Å². The summed E-state index contributed by atoms with van der Waals surface area (Å²) in [5.74, 6) is -1.96. The third kappa shape index (κ3) is 6.13. The van der Waals surface area contributed by atoms with Crippen LogP contribution >= 0.6 is 0 Å². The summed E-state index contributed by atoms with van der Waals surface area (Å²) < 4.78 is 0. The van der Waals surface area contributed by atoms with Gasteiger partial charge in [-0.3, -0.25) is 9.59 Å². The van der Waals surface area contributed by atoms with Crippen molar-refractivity contribution < 1.29 is 24.9 Å². The zero-order chi connectivity index (χ0) is 13.4. The molecule has 17 heavy (non-hydrogen) atoms. The predicted molar refractivity (Wildman–Crippen MR) is 59.4 cm³/mol. The molecule has 0 aliphatic rings. The van der Waals surface area contributed by atoms with Crippen LogP contribution in [0.5, 0.6) is 5.75 Å². The molecular weight excluding hydrogens is 228 g/mol. The fourth-order valence-electron chi connectivity index (χ4n) is 0.824. The number of nitrogens with two attached hydrogens (primary N) is 2. The van der Waals surface area contributed by atoms with E-state index in [2.05, 4.69) is 5.73 Å². The maximum atomic E-state index is 10.4. The van der Waals surface area contributed by atoms with E-state index < -0.39 is 18.0 Å². The van der Waals surface area contributed by atoms with Crippen molar-refractivity contribution in [2.75, 3.05) is 6.54 Å². The highest BCUT2D eigenvalue weighted by Crippen LogP contribution is 2.14. The molecule has 0 saturated carbocycles. The van der Waals surface area contributed by atoms with Crippen LogP contribution in [0, 0.1) is 0 Å². The average molecular weight is 242 g/mol. The number of benzene rings is 1. The van der Waals surface area contributed by atoms with Gasteiger partial charge < -0.3 is 26.8 Å². The maximum Gasteiger partial charge on any atom is 0.325 e. The van der Waals surface area contributed by atoms with E-state index in [1.54, 1.807) is 0 Å². The van der Waals surface area contributed by atoms with Gasteiger partial charge in [-0.25, -0.2) is 0 Å². The molecule has 0 spiro atoms. The second-order valence-corrected chi connectivity index (χ2v) is 3.01. The van der Waals surface area contributed by atoms with Gasteiger partial charge in [0.2, 0.25) is 0 Å². The lowest BCUT2D eigenvalue weighted by Gasteiger charge is -2.05. The van der Waals surface area contributed by atoms with Crippen LogP contribution in [0.25, 0.3) is 0 Å². The number of hydrogen-bond donors (Lipinski definition) is 5. The molecule has 0 aliphatic heterocycles. The zero-order valence-corrected chi connectivity index (χ0v) is 8.91. The summed E-state index contributed by atoms with van der Waals surface area (Å²) in [6, 6.07) is 4.74. The predicted octanol–water partition coefficient (Wildman–Crippen LogP) is -0.494. The standard InChI is InChI=1S/C8H9NO3.C2H5NO2/c9-7(8(11)12)5-1-3-6(10)4-2-5;3-1-2(4)5/h1-4,7,10H,9H2,(H,11,12);1,3H2,(H,4,5). The van der Waals surface area contributed by atoms with Crippen LogP contribution < -0.4 is 11.5 Å². The lowest BCUT2D eigenvalue weighted by Crippen LogP contribution is -2.20. The Hall–Kier alpha value is -2.12. The first-order chi connectivity index (χ1) is 7.88. The van der Waals surface area contributed by atoms with Crippen molar-refractivity contribution in [3.8, 4) is 5.75 Å². The maximum absolute atomic E-state index is 10.4. The van der Waals surface area contributed by atoms with Gasteiger partial charge in [0, 0.05) is 0 Å². The van der Waals surface area contributed by atoms with Crippen LogP contribution in [0.1, 0.15) is 11.6 Å². The van der Waals surface area contributed by atoms with Crippen LogP contribution in [0.15, 0.2) is 24.3 Å². The lowest BCUT2D eigenvalue weighted by atomic mass is 10.1. The first kappa shape index (κ1) is 14.9. The molecule has 0 saturated heterocycles. The Kier molecular flexibility index (Phi) is 6.30. The minimum absolute atomic E-state index is 0.0938. The van der Waals surface area contributed by atoms with Gasteiger partial charge in [-0.2, -0.15) is 0 Å². The van der Waals surface area contributed by atoms with Gasteiger partial charge in [-0.1, -0.05) is 12.1 Å². The molecule has 1 aromatic carbocycles. The largest absolute Gasteiger partial charge is 0.508 e. The number of rotatable bonds is 3. The molecule has 0 radical (unpaired) electrons. The van der Waals surface area contributed by atoms with Gasteiger partial charge in [-0.05, 0) is 17.7 Å². The molecule has 7 N–H and O–H groups in total. The highest BCUT2D eigenvalue weighted by molar-refractivity contribution is 5.75. The molecular formula is C10H14N2O5. The van der Waals surface area contributed by atoms with E-state index in [4.69, 9.17) is 21.1 Å². The normalized spacial score (nSPS) is 10.9. The van der Waals surface area contributed by atoms with E-state index in [0.29, 0.717) is 5.56 Å². The molecule has 1 unspecified atom stereocenters. The minimum Gasteiger partial charge on any atom is -0.508 e. The second kappa shape index (κ2) is 7.20. The number of phenols is 1. The summed E-state index contributed by atoms with van der Waals surface area (Å²) in [7, 11) is 0. The highest BCUT2D eigenvalue weighted by atomic mass is 16.4. The lowest BCUT2D eigenvalue weighted by molar-refractivity contribution is -0.138. The molecule has 0 fully saturated rings. The van der Waals surface area contributed by atoms with Crippen molar-refractivity contribution in [3.05, 3.63) is 29.8 Å². The Balaban J connectivity index is 0.000000437. The zero-order valence-electron chi connectivity index (χ0n) is 8.91. The number of carboxylic acids is 2. The van der Waals surface area contributed by atoms with Crippen LogP contribution in [0.2, 0.25) is 0 Å². The van der Waals surface area contributed by atoms with Crippen LogP contribution in [-0.2, 0) is 9.59 Å². The first-order valence-corrected chi connectivity index (χ1v) is 4.57. The number of aromatic hydroxyl groups is 1. The van der Waals surface area contributed by atoms with E-state index in [1.165, 1.54) is 24.3 Å². The SMILES string of the molecule is NC(C(=O)O)c1ccc(O)cc1.NCC(=O)O. The smallest absolute Gasteiger partial charge is 0.325 e. The van der Waals surface area contributed by atoms with E-state index in [9.17, 15) is 9.59 Å². The van der Waals surface area contributed by atoms with Crippen molar-refractivity contribution >= 4 is 11.9 Å². The van der Waals surface area contributed by atoms with Crippen LogP contribution in [-0.4, -0.2) is 33.8 Å². The van der Waals surface area contributed by atoms with Crippen molar-refractivity contribution in [1.82, 2.24) is 0 Å². The molecule has 1 rings (SSSR count). The fourth-order valence-corrected chi connectivity index (χ4v) is 0.824. The van der Waals surface area contributed by atoms with Gasteiger partial charge in [0.05, 0.1) is 6.54 Å². The molecule has 1 atom stereocenters. The van der Waals surface area contributed by atoms with Gasteiger partial charge in [0.25, 0.3) is 0 Å². The number of carboxylic acid groups (broad SMARTS) is 2. The van der Waals surface area contributed by atoms with Crippen LogP contribution in [0.3, 0.4) is 0 Å². The van der Waals surface area contributed by atoms with Crippen molar-refractivity contribution in [2.45, 2.75) is 6.04 Å². The summed E-state index contributed by atoms with van der Waals surface area (Å²) in [5, 5.41) is 25.0. The van der Waals surface area contributed by atoms with Crippen molar-refractivity contribution in [3.63, 3.8) is 0 Å². The monoisotopic (exact) mass is 242 g/mol. The topological polar surface area (TPSA) is 147 Å². The molecule has 1 aromatic rings. The average Bonchev–Trinajstić information content (AvgIpc) is 2.29. The third-order valence-electron chi connectivity index (χ3n) is 1.69. The van der Waals surface area contributed by atoms with E-state index in [0.717, 1.165) is 0 Å². The molecule has 0 aromatic heterocycles. The Labute approximate surface area is 97.3 Å². The molecule has 7 heteroatoms. The quantitative estimate of drug-likeness (QED) is 0.480. The van der Waals surface area contributed by atoms with Gasteiger partial charge in [0.15, 0.2) is 0 Å². The highest BCUT2D eigenvalue weighted by Gasteiger charge is 2.13.